The van der Waals surface area contributed by atoms with Crippen LogP contribution in [0.4, 0.5) is 4.79 Å². The first-order valence-electron chi connectivity index (χ1n) is 7.61. The highest BCUT2D eigenvalue weighted by Crippen LogP contribution is 2.20. The van der Waals surface area contributed by atoms with Gasteiger partial charge in [0.05, 0.1) is 6.42 Å². The molecule has 0 aromatic rings. The highest BCUT2D eigenvalue weighted by Gasteiger charge is 2.30. The van der Waals surface area contributed by atoms with Gasteiger partial charge in [0.1, 0.15) is 0 Å². The van der Waals surface area contributed by atoms with Crippen molar-refractivity contribution in [3.63, 3.8) is 0 Å². The number of carbonyl (C=O) groups excluding carboxylic acids is 2. The van der Waals surface area contributed by atoms with E-state index in [0.29, 0.717) is 25.9 Å². The molecule has 21 heavy (non-hydrogen) atoms. The molecule has 0 atom stereocenters. The minimum atomic E-state index is -0.915. The van der Waals surface area contributed by atoms with Gasteiger partial charge in [0.25, 0.3) is 0 Å². The Morgan fingerprint density at radius 1 is 1.00 bits per heavy atom. The van der Waals surface area contributed by atoms with Crippen LogP contribution in [0.3, 0.4) is 0 Å². The number of likely N-dealkylation sites (tertiary alicyclic amines) is 2. The quantitative estimate of drug-likeness (QED) is 0.791. The fourth-order valence-electron chi connectivity index (χ4n) is 2.88. The average Bonchev–Trinajstić information content (AvgIpc) is 3.00. The van der Waals surface area contributed by atoms with E-state index >= 15 is 0 Å². The summed E-state index contributed by atoms with van der Waals surface area (Å²) in [5.74, 6) is -1.12. The van der Waals surface area contributed by atoms with Crippen LogP contribution in [-0.2, 0) is 9.59 Å². The molecule has 118 valence electrons. The summed E-state index contributed by atoms with van der Waals surface area (Å²) >= 11 is 0. The second kappa shape index (κ2) is 7.28. The van der Waals surface area contributed by atoms with Crippen molar-refractivity contribution in [3.8, 4) is 0 Å². The van der Waals surface area contributed by atoms with Gasteiger partial charge in [-0.1, -0.05) is 0 Å². The summed E-state index contributed by atoms with van der Waals surface area (Å²) in [6.07, 6.45) is 3.40. The van der Waals surface area contributed by atoms with Crippen LogP contribution < -0.4 is 5.32 Å². The lowest BCUT2D eigenvalue weighted by Gasteiger charge is -2.34. The molecule has 2 rings (SSSR count). The van der Waals surface area contributed by atoms with Crippen LogP contribution in [0.1, 0.15) is 32.1 Å². The molecule has 2 heterocycles. The maximum absolute atomic E-state index is 12.2. The van der Waals surface area contributed by atoms with Crippen LogP contribution in [0.2, 0.25) is 0 Å². The van der Waals surface area contributed by atoms with Gasteiger partial charge in [0.15, 0.2) is 0 Å². The molecular weight excluding hydrogens is 274 g/mol. The van der Waals surface area contributed by atoms with E-state index in [1.165, 1.54) is 0 Å². The molecule has 0 aromatic carbocycles. The van der Waals surface area contributed by atoms with Gasteiger partial charge in [-0.05, 0) is 25.7 Å². The van der Waals surface area contributed by atoms with Crippen LogP contribution >= 0.6 is 0 Å². The van der Waals surface area contributed by atoms with E-state index in [1.54, 1.807) is 0 Å². The first-order chi connectivity index (χ1) is 10.1. The van der Waals surface area contributed by atoms with E-state index < -0.39 is 5.97 Å². The highest BCUT2D eigenvalue weighted by molar-refractivity contribution is 5.80. The highest BCUT2D eigenvalue weighted by atomic mass is 16.4. The van der Waals surface area contributed by atoms with Gasteiger partial charge >= 0.3 is 12.0 Å². The number of rotatable bonds is 4. The summed E-state index contributed by atoms with van der Waals surface area (Å²) in [4.78, 5) is 38.2. The monoisotopic (exact) mass is 297 g/mol. The minimum absolute atomic E-state index is 0.0575. The number of nitrogens with zero attached hydrogens (tertiary/aromatic N) is 2. The molecule has 0 spiro atoms. The molecule has 0 radical (unpaired) electrons. The molecule has 2 aliphatic heterocycles. The Morgan fingerprint density at radius 2 is 1.57 bits per heavy atom. The van der Waals surface area contributed by atoms with Gasteiger partial charge in [-0.2, -0.15) is 0 Å². The smallest absolute Gasteiger partial charge is 0.319 e. The molecule has 0 unspecified atom stereocenters. The molecule has 0 aliphatic carbocycles. The zero-order valence-electron chi connectivity index (χ0n) is 12.2. The Morgan fingerprint density at radius 3 is 2.14 bits per heavy atom. The van der Waals surface area contributed by atoms with Gasteiger partial charge in [-0.3, -0.25) is 9.59 Å². The fourth-order valence-corrected chi connectivity index (χ4v) is 2.88. The van der Waals surface area contributed by atoms with Crippen LogP contribution in [0.25, 0.3) is 0 Å². The molecule has 2 saturated heterocycles. The van der Waals surface area contributed by atoms with Gasteiger partial charge < -0.3 is 20.2 Å². The number of urea groups is 1. The lowest BCUT2D eigenvalue weighted by Crippen LogP contribution is -2.47. The summed E-state index contributed by atoms with van der Waals surface area (Å²) in [5.41, 5.74) is 0. The van der Waals surface area contributed by atoms with Crippen molar-refractivity contribution in [2.75, 3.05) is 32.7 Å². The third kappa shape index (κ3) is 4.34. The van der Waals surface area contributed by atoms with Crippen LogP contribution in [0, 0.1) is 5.92 Å². The number of aliphatic carboxylic acids is 1. The third-order valence-corrected chi connectivity index (χ3v) is 4.15. The van der Waals surface area contributed by atoms with Gasteiger partial charge in [0.2, 0.25) is 5.91 Å². The van der Waals surface area contributed by atoms with Crippen molar-refractivity contribution in [1.29, 1.82) is 0 Å². The predicted molar refractivity (Wildman–Crippen MR) is 75.8 cm³/mol. The first kappa shape index (κ1) is 15.6. The van der Waals surface area contributed by atoms with E-state index in [4.69, 9.17) is 5.11 Å². The number of hydrogen-bond donors (Lipinski definition) is 2. The summed E-state index contributed by atoms with van der Waals surface area (Å²) in [6.45, 7) is 3.06. The van der Waals surface area contributed by atoms with Gasteiger partial charge in [-0.15, -0.1) is 0 Å². The number of piperidine rings is 1. The van der Waals surface area contributed by atoms with Crippen molar-refractivity contribution in [2.45, 2.75) is 32.1 Å². The SMILES string of the molecule is O=C(O)CCNC(=O)C1CCN(C(=O)N2CCCC2)CC1. The number of carboxylic acid groups (broad SMARTS) is 1. The molecular formula is C14H23N3O4. The maximum Gasteiger partial charge on any atom is 0.319 e. The van der Waals surface area contributed by atoms with Crippen molar-refractivity contribution in [3.05, 3.63) is 0 Å². The minimum Gasteiger partial charge on any atom is -0.481 e. The number of amides is 3. The Bertz CT molecular complexity index is 399. The number of nitrogens with one attached hydrogen (secondary N) is 1. The largest absolute Gasteiger partial charge is 0.481 e. The van der Waals surface area contributed by atoms with Crippen molar-refractivity contribution in [2.24, 2.45) is 5.92 Å². The topological polar surface area (TPSA) is 90.0 Å². The zero-order valence-corrected chi connectivity index (χ0v) is 12.2. The van der Waals surface area contributed by atoms with Crippen molar-refractivity contribution >= 4 is 17.9 Å². The molecule has 2 fully saturated rings. The summed E-state index contributed by atoms with van der Waals surface area (Å²) in [6, 6.07) is 0.0947. The van der Waals surface area contributed by atoms with E-state index in [9.17, 15) is 14.4 Å². The van der Waals surface area contributed by atoms with Crippen molar-refractivity contribution in [1.82, 2.24) is 15.1 Å². The summed E-state index contributed by atoms with van der Waals surface area (Å²) in [7, 11) is 0. The standard InChI is InChI=1S/C14H23N3O4/c18-12(19)3-6-15-13(20)11-4-9-17(10-5-11)14(21)16-7-1-2-8-16/h11H,1-10H2,(H,15,20)(H,18,19). The van der Waals surface area contributed by atoms with E-state index in [-0.39, 0.29) is 30.8 Å². The molecule has 2 N–H and O–H groups in total. The van der Waals surface area contributed by atoms with E-state index in [0.717, 1.165) is 25.9 Å². The number of hydrogen-bond acceptors (Lipinski definition) is 3. The molecule has 0 bridgehead atoms. The van der Waals surface area contributed by atoms with Gasteiger partial charge in [-0.25, -0.2) is 4.79 Å². The normalized spacial score (nSPS) is 19.6. The third-order valence-electron chi connectivity index (χ3n) is 4.15. The summed E-state index contributed by atoms with van der Waals surface area (Å²) < 4.78 is 0. The van der Waals surface area contributed by atoms with E-state index in [1.807, 2.05) is 9.80 Å². The Labute approximate surface area is 124 Å². The van der Waals surface area contributed by atoms with Crippen LogP contribution in [-0.4, -0.2) is 65.5 Å². The first-order valence-corrected chi connectivity index (χ1v) is 7.61. The number of carbonyl (C=O) groups is 3. The fraction of sp³-hybridized carbons (Fsp3) is 0.786. The Kier molecular flexibility index (Phi) is 5.41. The lowest BCUT2D eigenvalue weighted by atomic mass is 9.96. The number of carboxylic acids is 1. The molecule has 3 amide bonds. The van der Waals surface area contributed by atoms with Gasteiger partial charge in [0, 0.05) is 38.6 Å². The maximum atomic E-state index is 12.2. The summed E-state index contributed by atoms with van der Waals surface area (Å²) in [5, 5.41) is 11.2. The van der Waals surface area contributed by atoms with Crippen molar-refractivity contribution < 1.29 is 19.5 Å². The van der Waals surface area contributed by atoms with Crippen LogP contribution in [0.5, 0.6) is 0 Å². The molecule has 2 aliphatic rings. The van der Waals surface area contributed by atoms with Crippen LogP contribution in [0.15, 0.2) is 0 Å². The zero-order chi connectivity index (χ0) is 15.2. The Balaban J connectivity index is 1.71. The van der Waals surface area contributed by atoms with E-state index in [2.05, 4.69) is 5.32 Å². The second-order valence-electron chi connectivity index (χ2n) is 5.67. The predicted octanol–water partition coefficient (Wildman–Crippen LogP) is 0.505. The molecule has 7 nitrogen and oxygen atoms in total. The Hall–Kier alpha value is -1.79. The molecule has 0 aromatic heterocycles. The molecule has 7 heteroatoms. The lowest BCUT2D eigenvalue weighted by molar-refractivity contribution is -0.137. The average molecular weight is 297 g/mol. The molecule has 0 saturated carbocycles. The second-order valence-corrected chi connectivity index (χ2v) is 5.67.